The van der Waals surface area contributed by atoms with Crippen LogP contribution in [0.25, 0.3) is 22.2 Å². The van der Waals surface area contributed by atoms with E-state index in [-0.39, 0.29) is 17.8 Å². The standard InChI is InChI=1S/C22H23FN4O3/c1-13-24-16-11-19(27-8-10-30-18(12-27)17-7-9-29-17)25-21(20(16)22(28)26(13)2)14-5-3-4-6-15(14)23/h3-6,11,17-18H,7-10,12H2,1-2H3/t17-,18-/m0/s1. The molecule has 5 rings (SSSR count). The second-order valence-electron chi connectivity index (χ2n) is 7.78. The number of pyridine rings is 1. The zero-order valence-corrected chi connectivity index (χ0v) is 17.0. The zero-order valence-electron chi connectivity index (χ0n) is 17.0. The minimum atomic E-state index is -0.422. The number of hydrogen-bond acceptors (Lipinski definition) is 6. The third-order valence-corrected chi connectivity index (χ3v) is 5.97. The molecule has 3 aromatic rings. The zero-order chi connectivity index (χ0) is 20.8. The van der Waals surface area contributed by atoms with Crippen molar-refractivity contribution in [2.24, 2.45) is 7.05 Å². The van der Waals surface area contributed by atoms with E-state index in [9.17, 15) is 9.18 Å². The summed E-state index contributed by atoms with van der Waals surface area (Å²) in [4.78, 5) is 24.5. The average Bonchev–Trinajstić information content (AvgIpc) is 2.70. The molecule has 0 saturated carbocycles. The molecule has 2 aromatic heterocycles. The van der Waals surface area contributed by atoms with Crippen LogP contribution in [0.15, 0.2) is 35.1 Å². The molecule has 2 aliphatic rings. The molecule has 0 amide bonds. The lowest BCUT2D eigenvalue weighted by Gasteiger charge is -2.40. The van der Waals surface area contributed by atoms with Crippen molar-refractivity contribution in [1.82, 2.24) is 14.5 Å². The van der Waals surface area contributed by atoms with Gasteiger partial charge in [-0.15, -0.1) is 0 Å². The Morgan fingerprint density at radius 3 is 2.63 bits per heavy atom. The highest BCUT2D eigenvalue weighted by atomic mass is 19.1. The van der Waals surface area contributed by atoms with Crippen LogP contribution in [-0.4, -0.2) is 53.0 Å². The summed E-state index contributed by atoms with van der Waals surface area (Å²) in [6.07, 6.45) is 1.06. The highest BCUT2D eigenvalue weighted by molar-refractivity contribution is 5.93. The van der Waals surface area contributed by atoms with Crippen LogP contribution in [0, 0.1) is 12.7 Å². The van der Waals surface area contributed by atoms with Gasteiger partial charge in [-0.25, -0.2) is 14.4 Å². The van der Waals surface area contributed by atoms with Gasteiger partial charge in [0.15, 0.2) is 0 Å². The Hall–Kier alpha value is -2.84. The molecule has 0 unspecified atom stereocenters. The van der Waals surface area contributed by atoms with Crippen molar-refractivity contribution in [1.29, 1.82) is 0 Å². The fourth-order valence-electron chi connectivity index (χ4n) is 4.05. The number of anilines is 1. The Kier molecular flexibility index (Phi) is 4.75. The van der Waals surface area contributed by atoms with E-state index in [0.717, 1.165) is 13.0 Å². The van der Waals surface area contributed by atoms with Crippen LogP contribution in [-0.2, 0) is 16.5 Å². The van der Waals surface area contributed by atoms with E-state index in [0.29, 0.717) is 53.5 Å². The molecule has 2 aliphatic heterocycles. The number of aromatic nitrogens is 3. The fraction of sp³-hybridized carbons (Fsp3) is 0.409. The van der Waals surface area contributed by atoms with Gasteiger partial charge in [-0.1, -0.05) is 12.1 Å². The second-order valence-corrected chi connectivity index (χ2v) is 7.78. The highest BCUT2D eigenvalue weighted by Crippen LogP contribution is 2.31. The van der Waals surface area contributed by atoms with Crippen LogP contribution in [0.4, 0.5) is 10.2 Å². The maximum absolute atomic E-state index is 14.7. The lowest BCUT2D eigenvalue weighted by Crippen LogP contribution is -2.52. The molecule has 0 bridgehead atoms. The van der Waals surface area contributed by atoms with Gasteiger partial charge in [0.2, 0.25) is 0 Å². The third kappa shape index (κ3) is 3.16. The summed E-state index contributed by atoms with van der Waals surface area (Å²) < 4.78 is 27.6. The predicted molar refractivity (Wildman–Crippen MR) is 111 cm³/mol. The van der Waals surface area contributed by atoms with Gasteiger partial charge in [-0.2, -0.15) is 0 Å². The lowest BCUT2D eigenvalue weighted by atomic mass is 10.0. The Bertz CT molecular complexity index is 1170. The van der Waals surface area contributed by atoms with Crippen molar-refractivity contribution in [2.45, 2.75) is 25.6 Å². The summed E-state index contributed by atoms with van der Waals surface area (Å²) >= 11 is 0. The minimum Gasteiger partial charge on any atom is -0.375 e. The van der Waals surface area contributed by atoms with E-state index in [4.69, 9.17) is 14.5 Å². The van der Waals surface area contributed by atoms with E-state index in [2.05, 4.69) is 9.88 Å². The topological polar surface area (TPSA) is 69.5 Å². The van der Waals surface area contributed by atoms with Crippen molar-refractivity contribution in [2.75, 3.05) is 31.2 Å². The molecule has 0 radical (unpaired) electrons. The van der Waals surface area contributed by atoms with Gasteiger partial charge >= 0.3 is 0 Å². The van der Waals surface area contributed by atoms with Gasteiger partial charge < -0.3 is 14.4 Å². The summed E-state index contributed by atoms with van der Waals surface area (Å²) in [5.74, 6) is 0.828. The highest BCUT2D eigenvalue weighted by Gasteiger charge is 2.34. The van der Waals surface area contributed by atoms with Gasteiger partial charge in [-0.05, 0) is 25.5 Å². The van der Waals surface area contributed by atoms with Crippen LogP contribution < -0.4 is 10.5 Å². The van der Waals surface area contributed by atoms with Crippen molar-refractivity contribution in [3.63, 3.8) is 0 Å². The quantitative estimate of drug-likeness (QED) is 0.661. The van der Waals surface area contributed by atoms with Crippen molar-refractivity contribution in [3.8, 4) is 11.3 Å². The van der Waals surface area contributed by atoms with Gasteiger partial charge in [-0.3, -0.25) is 9.36 Å². The smallest absolute Gasteiger partial charge is 0.263 e. The molecule has 156 valence electrons. The molecule has 2 saturated heterocycles. The van der Waals surface area contributed by atoms with Gasteiger partial charge in [0.1, 0.15) is 23.6 Å². The first-order chi connectivity index (χ1) is 14.5. The summed E-state index contributed by atoms with van der Waals surface area (Å²) in [6, 6.07) is 8.20. The van der Waals surface area contributed by atoms with E-state index in [1.807, 2.05) is 6.07 Å². The molecule has 30 heavy (non-hydrogen) atoms. The number of fused-ring (bicyclic) bond motifs is 1. The number of benzene rings is 1. The van der Waals surface area contributed by atoms with E-state index in [1.165, 1.54) is 10.6 Å². The van der Waals surface area contributed by atoms with Crippen molar-refractivity contribution >= 4 is 16.7 Å². The monoisotopic (exact) mass is 410 g/mol. The molecule has 0 N–H and O–H groups in total. The number of aryl methyl sites for hydroxylation is 1. The summed E-state index contributed by atoms with van der Waals surface area (Å²) in [7, 11) is 1.66. The molecule has 7 nitrogen and oxygen atoms in total. The van der Waals surface area contributed by atoms with Crippen LogP contribution in [0.5, 0.6) is 0 Å². The third-order valence-electron chi connectivity index (χ3n) is 5.97. The van der Waals surface area contributed by atoms with Gasteiger partial charge in [0.25, 0.3) is 5.56 Å². The molecule has 8 heteroatoms. The van der Waals surface area contributed by atoms with E-state index < -0.39 is 5.82 Å². The van der Waals surface area contributed by atoms with E-state index in [1.54, 1.807) is 32.2 Å². The molecule has 4 heterocycles. The molecule has 2 atom stereocenters. The summed E-state index contributed by atoms with van der Waals surface area (Å²) in [6.45, 7) is 4.39. The Balaban J connectivity index is 1.68. The van der Waals surface area contributed by atoms with Crippen LogP contribution in [0.3, 0.4) is 0 Å². The Morgan fingerprint density at radius 1 is 1.13 bits per heavy atom. The number of morpholine rings is 1. The molecular weight excluding hydrogens is 387 g/mol. The van der Waals surface area contributed by atoms with Crippen molar-refractivity contribution < 1.29 is 13.9 Å². The summed E-state index contributed by atoms with van der Waals surface area (Å²) in [5.41, 5.74) is 0.884. The Morgan fingerprint density at radius 2 is 1.90 bits per heavy atom. The number of nitrogens with zero attached hydrogens (tertiary/aromatic N) is 4. The molecule has 0 spiro atoms. The number of rotatable bonds is 3. The first kappa shape index (κ1) is 19.1. The maximum Gasteiger partial charge on any atom is 0.263 e. The Labute approximate surface area is 173 Å². The van der Waals surface area contributed by atoms with E-state index >= 15 is 0 Å². The SMILES string of the molecule is Cc1nc2cc(N3CCO[C@H]([C@@H]4CCO4)C3)nc(-c3ccccc3F)c2c(=O)n1C. The normalized spacial score (nSPS) is 21.6. The minimum absolute atomic E-state index is 0.0275. The van der Waals surface area contributed by atoms with Crippen LogP contribution >= 0.6 is 0 Å². The number of halogens is 1. The van der Waals surface area contributed by atoms with Gasteiger partial charge in [0, 0.05) is 38.4 Å². The predicted octanol–water partition coefficient (Wildman–Crippen LogP) is 2.44. The molecular formula is C22H23FN4O3. The van der Waals surface area contributed by atoms with Crippen LogP contribution in [0.1, 0.15) is 12.2 Å². The first-order valence-corrected chi connectivity index (χ1v) is 10.1. The summed E-state index contributed by atoms with van der Waals surface area (Å²) in [5, 5.41) is 0.323. The number of hydrogen-bond donors (Lipinski definition) is 0. The second kappa shape index (κ2) is 7.45. The molecule has 0 aliphatic carbocycles. The fourth-order valence-corrected chi connectivity index (χ4v) is 4.05. The molecule has 1 aromatic carbocycles. The first-order valence-electron chi connectivity index (χ1n) is 10.1. The van der Waals surface area contributed by atoms with Gasteiger partial charge in [0.05, 0.1) is 29.3 Å². The van der Waals surface area contributed by atoms with Crippen molar-refractivity contribution in [3.05, 3.63) is 52.3 Å². The average molecular weight is 410 g/mol. The largest absolute Gasteiger partial charge is 0.375 e. The molecule has 2 fully saturated rings. The van der Waals surface area contributed by atoms with Crippen LogP contribution in [0.2, 0.25) is 0 Å². The number of ether oxygens (including phenoxy) is 2. The lowest BCUT2D eigenvalue weighted by molar-refractivity contribution is -0.140. The maximum atomic E-state index is 14.7.